The Bertz CT molecular complexity index is 758. The molecule has 4 nitrogen and oxygen atoms in total. The van der Waals surface area contributed by atoms with Gasteiger partial charge in [-0.2, -0.15) is 0 Å². The summed E-state index contributed by atoms with van der Waals surface area (Å²) in [6.45, 7) is 2.85. The van der Waals surface area contributed by atoms with Gasteiger partial charge in [-0.1, -0.05) is 0 Å². The Morgan fingerprint density at radius 3 is 2.89 bits per heavy atom. The highest BCUT2D eigenvalue weighted by molar-refractivity contribution is 7.11. The van der Waals surface area contributed by atoms with Crippen LogP contribution in [0, 0.1) is 6.92 Å². The highest BCUT2D eigenvalue weighted by Gasteiger charge is 2.08. The molecule has 0 radical (unpaired) electrons. The first kappa shape index (κ1) is 11.9. The molecule has 0 bridgehead atoms. The van der Waals surface area contributed by atoms with Gasteiger partial charge in [0.05, 0.1) is 29.5 Å². The third kappa shape index (κ3) is 2.24. The number of thiophene rings is 1. The van der Waals surface area contributed by atoms with Crippen LogP contribution in [0.25, 0.3) is 11.0 Å². The van der Waals surface area contributed by atoms with Crippen LogP contribution in [0.5, 0.6) is 0 Å². The van der Waals surface area contributed by atoms with Gasteiger partial charge in [0.15, 0.2) is 0 Å². The van der Waals surface area contributed by atoms with Gasteiger partial charge in [-0.3, -0.25) is 0 Å². The van der Waals surface area contributed by atoms with E-state index < -0.39 is 5.97 Å². The summed E-state index contributed by atoms with van der Waals surface area (Å²) < 4.78 is 2.03. The first-order valence-electron chi connectivity index (χ1n) is 5.87. The van der Waals surface area contributed by atoms with Gasteiger partial charge in [-0.05, 0) is 37.3 Å². The number of benzene rings is 1. The molecule has 0 aliphatic heterocycles. The lowest BCUT2D eigenvalue weighted by atomic mass is 10.2. The number of fused-ring (bicyclic) bond motifs is 1. The average molecular weight is 272 g/mol. The molecule has 2 heterocycles. The Kier molecular flexibility index (Phi) is 2.83. The lowest BCUT2D eigenvalue weighted by Crippen LogP contribution is -1.97. The van der Waals surface area contributed by atoms with E-state index in [-0.39, 0.29) is 5.56 Å². The monoisotopic (exact) mass is 272 g/mol. The minimum absolute atomic E-state index is 0.268. The average Bonchev–Trinajstić information content (AvgIpc) is 2.96. The van der Waals surface area contributed by atoms with E-state index in [0.29, 0.717) is 5.52 Å². The Morgan fingerprint density at radius 1 is 1.37 bits per heavy atom. The van der Waals surface area contributed by atoms with E-state index in [4.69, 9.17) is 5.11 Å². The molecule has 1 N–H and O–H groups in total. The molecule has 2 aromatic heterocycles. The highest BCUT2D eigenvalue weighted by Crippen LogP contribution is 2.20. The van der Waals surface area contributed by atoms with Gasteiger partial charge >= 0.3 is 5.97 Å². The second kappa shape index (κ2) is 4.51. The van der Waals surface area contributed by atoms with E-state index in [1.165, 1.54) is 9.75 Å². The van der Waals surface area contributed by atoms with Crippen molar-refractivity contribution in [2.45, 2.75) is 13.5 Å². The number of carbonyl (C=O) groups is 1. The molecule has 0 saturated carbocycles. The van der Waals surface area contributed by atoms with E-state index in [2.05, 4.69) is 24.0 Å². The Balaban J connectivity index is 1.99. The smallest absolute Gasteiger partial charge is 0.335 e. The van der Waals surface area contributed by atoms with Gasteiger partial charge in [0, 0.05) is 9.75 Å². The fraction of sp³-hybridized carbons (Fsp3) is 0.143. The molecule has 0 amide bonds. The lowest BCUT2D eigenvalue weighted by Gasteiger charge is -2.02. The molecule has 96 valence electrons. The molecule has 1 aromatic carbocycles. The molecule has 0 fully saturated rings. The topological polar surface area (TPSA) is 55.1 Å². The van der Waals surface area contributed by atoms with Gasteiger partial charge in [-0.15, -0.1) is 11.3 Å². The van der Waals surface area contributed by atoms with Gasteiger partial charge in [0.1, 0.15) is 0 Å². The number of carboxylic acid groups (broad SMARTS) is 1. The van der Waals surface area contributed by atoms with Crippen molar-refractivity contribution >= 4 is 28.3 Å². The van der Waals surface area contributed by atoms with E-state index in [1.807, 2.05) is 10.6 Å². The molecule has 5 heteroatoms. The van der Waals surface area contributed by atoms with Crippen molar-refractivity contribution in [3.8, 4) is 0 Å². The number of nitrogens with zero attached hydrogens (tertiary/aromatic N) is 2. The summed E-state index contributed by atoms with van der Waals surface area (Å²) in [6, 6.07) is 9.24. The SMILES string of the molecule is Cc1ccc(Cn2cnc3cc(C(=O)O)ccc32)s1. The standard InChI is InChI=1S/C14H12N2O2S/c1-9-2-4-11(19-9)7-16-8-15-12-6-10(14(17)18)3-5-13(12)16/h2-6,8H,7H2,1H3,(H,17,18). The maximum atomic E-state index is 10.9. The van der Waals surface area contributed by atoms with Crippen molar-refractivity contribution in [2.24, 2.45) is 0 Å². The minimum atomic E-state index is -0.926. The summed E-state index contributed by atoms with van der Waals surface area (Å²) in [7, 11) is 0. The molecular formula is C14H12N2O2S. The van der Waals surface area contributed by atoms with Crippen LogP contribution in [0.2, 0.25) is 0 Å². The first-order valence-corrected chi connectivity index (χ1v) is 6.68. The quantitative estimate of drug-likeness (QED) is 0.796. The molecule has 0 spiro atoms. The third-order valence-corrected chi connectivity index (χ3v) is 3.98. The minimum Gasteiger partial charge on any atom is -0.478 e. The number of carboxylic acids is 1. The zero-order valence-electron chi connectivity index (χ0n) is 10.3. The number of hydrogen-bond donors (Lipinski definition) is 1. The van der Waals surface area contributed by atoms with Crippen molar-refractivity contribution < 1.29 is 9.90 Å². The van der Waals surface area contributed by atoms with Gasteiger partial charge in [0.25, 0.3) is 0 Å². The number of aromatic carboxylic acids is 1. The zero-order chi connectivity index (χ0) is 13.4. The molecular weight excluding hydrogens is 260 g/mol. The van der Waals surface area contributed by atoms with E-state index >= 15 is 0 Å². The second-order valence-electron chi connectivity index (χ2n) is 4.39. The van der Waals surface area contributed by atoms with Crippen molar-refractivity contribution in [1.82, 2.24) is 9.55 Å². The lowest BCUT2D eigenvalue weighted by molar-refractivity contribution is 0.0697. The first-order chi connectivity index (χ1) is 9.13. The predicted octanol–water partition coefficient (Wildman–Crippen LogP) is 3.15. The van der Waals surface area contributed by atoms with E-state index in [0.717, 1.165) is 12.1 Å². The van der Waals surface area contributed by atoms with E-state index in [1.54, 1.807) is 29.8 Å². The summed E-state index contributed by atoms with van der Waals surface area (Å²) in [4.78, 5) is 17.7. The van der Waals surface area contributed by atoms with Crippen LogP contribution in [0.1, 0.15) is 20.1 Å². The van der Waals surface area contributed by atoms with Crippen LogP contribution < -0.4 is 0 Å². The number of hydrogen-bond acceptors (Lipinski definition) is 3. The Hall–Kier alpha value is -2.14. The number of imidazole rings is 1. The fourth-order valence-electron chi connectivity index (χ4n) is 2.06. The van der Waals surface area contributed by atoms with Crippen LogP contribution in [0.15, 0.2) is 36.7 Å². The summed E-state index contributed by atoms with van der Waals surface area (Å²) >= 11 is 1.76. The van der Waals surface area contributed by atoms with Gasteiger partial charge < -0.3 is 9.67 Å². The summed E-state index contributed by atoms with van der Waals surface area (Å²) in [6.07, 6.45) is 1.76. The van der Waals surface area contributed by atoms with Crippen molar-refractivity contribution in [3.63, 3.8) is 0 Å². The number of aryl methyl sites for hydroxylation is 1. The maximum absolute atomic E-state index is 10.9. The van der Waals surface area contributed by atoms with Crippen LogP contribution in [-0.2, 0) is 6.54 Å². The van der Waals surface area contributed by atoms with Crippen LogP contribution >= 0.6 is 11.3 Å². The van der Waals surface area contributed by atoms with Crippen LogP contribution in [0.3, 0.4) is 0 Å². The largest absolute Gasteiger partial charge is 0.478 e. The summed E-state index contributed by atoms with van der Waals surface area (Å²) in [5, 5.41) is 8.96. The van der Waals surface area contributed by atoms with E-state index in [9.17, 15) is 4.79 Å². The van der Waals surface area contributed by atoms with Crippen molar-refractivity contribution in [3.05, 3.63) is 52.0 Å². The molecule has 0 saturated heterocycles. The summed E-state index contributed by atoms with van der Waals surface area (Å²) in [5.41, 5.74) is 1.94. The molecule has 0 unspecified atom stereocenters. The van der Waals surface area contributed by atoms with Crippen LogP contribution in [0.4, 0.5) is 0 Å². The molecule has 3 rings (SSSR count). The fourth-order valence-corrected chi connectivity index (χ4v) is 2.95. The van der Waals surface area contributed by atoms with Crippen LogP contribution in [-0.4, -0.2) is 20.6 Å². The predicted molar refractivity (Wildman–Crippen MR) is 74.9 cm³/mol. The molecule has 0 atom stereocenters. The van der Waals surface area contributed by atoms with Gasteiger partial charge in [-0.25, -0.2) is 9.78 Å². The normalized spacial score (nSPS) is 11.0. The summed E-state index contributed by atoms with van der Waals surface area (Å²) in [5.74, 6) is -0.926. The van der Waals surface area contributed by atoms with Gasteiger partial charge in [0.2, 0.25) is 0 Å². The number of rotatable bonds is 3. The molecule has 19 heavy (non-hydrogen) atoms. The number of aromatic nitrogens is 2. The Morgan fingerprint density at radius 2 is 2.21 bits per heavy atom. The molecule has 0 aliphatic carbocycles. The zero-order valence-corrected chi connectivity index (χ0v) is 11.1. The maximum Gasteiger partial charge on any atom is 0.335 e. The van der Waals surface area contributed by atoms with Crippen molar-refractivity contribution in [1.29, 1.82) is 0 Å². The highest BCUT2D eigenvalue weighted by atomic mass is 32.1. The molecule has 0 aliphatic rings. The molecule has 3 aromatic rings. The Labute approximate surface area is 113 Å². The third-order valence-electron chi connectivity index (χ3n) is 2.99. The van der Waals surface area contributed by atoms with Crippen molar-refractivity contribution in [2.75, 3.05) is 0 Å². The second-order valence-corrected chi connectivity index (χ2v) is 5.77.